The zero-order chi connectivity index (χ0) is 16.8. The van der Waals surface area contributed by atoms with Crippen molar-refractivity contribution in [1.29, 1.82) is 0 Å². The van der Waals surface area contributed by atoms with Crippen LogP contribution in [0, 0.1) is 0 Å². The number of nitrogens with zero attached hydrogens (tertiary/aromatic N) is 2. The molecule has 124 valence electrons. The molecule has 1 aromatic heterocycles. The average Bonchev–Trinajstić information content (AvgIpc) is 3.02. The number of rotatable bonds is 7. The fourth-order valence-electron chi connectivity index (χ4n) is 2.12. The minimum atomic E-state index is -0.0658. The Hall–Kier alpha value is -2.21. The second-order valence-corrected chi connectivity index (χ2v) is 5.99. The molecule has 0 unspecified atom stereocenters. The first-order chi connectivity index (χ1) is 11.0. The lowest BCUT2D eigenvalue weighted by Crippen LogP contribution is -2.37. The van der Waals surface area contributed by atoms with E-state index in [-0.39, 0.29) is 11.9 Å². The minimum absolute atomic E-state index is 0.0276. The molecule has 0 aliphatic carbocycles. The minimum Gasteiger partial charge on any atom is -0.352 e. The lowest BCUT2D eigenvalue weighted by molar-refractivity contribution is -0.121. The summed E-state index contributed by atoms with van der Waals surface area (Å²) in [6, 6.07) is 8.08. The van der Waals surface area contributed by atoms with E-state index in [9.17, 15) is 4.79 Å². The van der Waals surface area contributed by atoms with Gasteiger partial charge in [-0.1, -0.05) is 43.3 Å². The van der Waals surface area contributed by atoms with E-state index in [4.69, 9.17) is 10.3 Å². The van der Waals surface area contributed by atoms with Gasteiger partial charge in [0.15, 0.2) is 0 Å². The maximum atomic E-state index is 11.7. The van der Waals surface area contributed by atoms with E-state index in [1.807, 2.05) is 19.1 Å². The van der Waals surface area contributed by atoms with Gasteiger partial charge in [0.1, 0.15) is 0 Å². The Morgan fingerprint density at radius 1 is 1.26 bits per heavy atom. The molecular weight excluding hydrogens is 292 g/mol. The first-order valence-electron chi connectivity index (χ1n) is 7.92. The number of nitrogens with one attached hydrogen (secondary N) is 1. The molecule has 3 N–H and O–H groups in total. The molecule has 23 heavy (non-hydrogen) atoms. The number of aromatic nitrogens is 2. The monoisotopic (exact) mass is 316 g/mol. The van der Waals surface area contributed by atoms with E-state index < -0.39 is 0 Å². The molecule has 0 aliphatic heterocycles. The quantitative estimate of drug-likeness (QED) is 0.817. The van der Waals surface area contributed by atoms with Crippen molar-refractivity contribution in [3.63, 3.8) is 0 Å². The Morgan fingerprint density at radius 3 is 2.57 bits per heavy atom. The molecule has 1 atom stereocenters. The number of aryl methyl sites for hydroxylation is 1. The van der Waals surface area contributed by atoms with Crippen LogP contribution in [0.2, 0.25) is 0 Å². The molecule has 0 saturated carbocycles. The summed E-state index contributed by atoms with van der Waals surface area (Å²) in [7, 11) is 0. The third-order valence-electron chi connectivity index (χ3n) is 3.63. The topological polar surface area (TPSA) is 94.0 Å². The highest BCUT2D eigenvalue weighted by molar-refractivity contribution is 5.76. The Kier molecular flexibility index (Phi) is 5.87. The zero-order valence-electron chi connectivity index (χ0n) is 13.9. The predicted octanol–water partition coefficient (Wildman–Crippen LogP) is 2.26. The van der Waals surface area contributed by atoms with E-state index in [0.29, 0.717) is 37.0 Å². The van der Waals surface area contributed by atoms with Crippen LogP contribution >= 0.6 is 0 Å². The fraction of sp³-hybridized carbons (Fsp3) is 0.471. The first kappa shape index (κ1) is 17.1. The normalized spacial score (nSPS) is 12.4. The number of amides is 1. The molecular formula is C17H24N4O2. The average molecular weight is 316 g/mol. The van der Waals surface area contributed by atoms with Gasteiger partial charge in [-0.2, -0.15) is 4.98 Å². The van der Waals surface area contributed by atoms with Crippen LogP contribution in [0.3, 0.4) is 0 Å². The summed E-state index contributed by atoms with van der Waals surface area (Å²) in [5.74, 6) is 1.43. The van der Waals surface area contributed by atoms with Gasteiger partial charge in [-0.3, -0.25) is 4.79 Å². The van der Waals surface area contributed by atoms with Gasteiger partial charge in [-0.15, -0.1) is 0 Å². The zero-order valence-corrected chi connectivity index (χ0v) is 13.9. The molecule has 6 nitrogen and oxygen atoms in total. The van der Waals surface area contributed by atoms with Gasteiger partial charge >= 0.3 is 0 Å². The third-order valence-corrected chi connectivity index (χ3v) is 3.63. The summed E-state index contributed by atoms with van der Waals surface area (Å²) in [4.78, 5) is 16.1. The van der Waals surface area contributed by atoms with Crippen LogP contribution in [0.1, 0.15) is 44.6 Å². The summed E-state index contributed by atoms with van der Waals surface area (Å²) in [5.41, 5.74) is 7.64. The lowest BCUT2D eigenvalue weighted by atomic mass is 10.0. The van der Waals surface area contributed by atoms with E-state index in [1.54, 1.807) is 0 Å². The van der Waals surface area contributed by atoms with Crippen molar-refractivity contribution in [3.8, 4) is 11.4 Å². The van der Waals surface area contributed by atoms with Gasteiger partial charge in [0.25, 0.3) is 0 Å². The Morgan fingerprint density at radius 2 is 1.96 bits per heavy atom. The van der Waals surface area contributed by atoms with Crippen LogP contribution < -0.4 is 11.1 Å². The van der Waals surface area contributed by atoms with Gasteiger partial charge in [-0.25, -0.2) is 0 Å². The van der Waals surface area contributed by atoms with E-state index in [2.05, 4.69) is 41.4 Å². The second kappa shape index (κ2) is 7.87. The Labute approximate surface area is 136 Å². The summed E-state index contributed by atoms with van der Waals surface area (Å²) >= 11 is 0. The highest BCUT2D eigenvalue weighted by Crippen LogP contribution is 2.20. The molecule has 1 aromatic carbocycles. The van der Waals surface area contributed by atoms with Crippen LogP contribution in [-0.4, -0.2) is 28.6 Å². The van der Waals surface area contributed by atoms with Gasteiger partial charge in [0, 0.05) is 31.0 Å². The molecule has 0 radical (unpaired) electrons. The number of nitrogens with two attached hydrogens (primary N) is 1. The highest BCUT2D eigenvalue weighted by atomic mass is 16.5. The van der Waals surface area contributed by atoms with Crippen LogP contribution in [-0.2, 0) is 11.2 Å². The standard InChI is InChI=1S/C17H24N4O2/c1-11(2)13-4-6-14(7-5-13)17-20-16(23-21-17)9-8-15(22)19-12(3)10-18/h4-7,11-12H,8-10,18H2,1-3H3,(H,19,22)/t12-/m0/s1. The smallest absolute Gasteiger partial charge is 0.227 e. The van der Waals surface area contributed by atoms with Crippen molar-refractivity contribution in [2.75, 3.05) is 6.54 Å². The predicted molar refractivity (Wildman–Crippen MR) is 88.8 cm³/mol. The summed E-state index contributed by atoms with van der Waals surface area (Å²) in [6.07, 6.45) is 0.721. The molecule has 0 spiro atoms. The molecule has 1 amide bonds. The van der Waals surface area contributed by atoms with E-state index in [1.165, 1.54) is 5.56 Å². The number of benzene rings is 1. The Balaban J connectivity index is 1.94. The van der Waals surface area contributed by atoms with Crippen molar-refractivity contribution in [3.05, 3.63) is 35.7 Å². The summed E-state index contributed by atoms with van der Waals surface area (Å²) in [5, 5.41) is 6.78. The van der Waals surface area contributed by atoms with Crippen LogP contribution in [0.25, 0.3) is 11.4 Å². The number of hydrogen-bond acceptors (Lipinski definition) is 5. The van der Waals surface area contributed by atoms with Crippen molar-refractivity contribution in [2.24, 2.45) is 5.73 Å². The van der Waals surface area contributed by atoms with Crippen LogP contribution in [0.15, 0.2) is 28.8 Å². The molecule has 1 heterocycles. The SMILES string of the molecule is CC(C)c1ccc(-c2noc(CCC(=O)N[C@@H](C)CN)n2)cc1. The van der Waals surface area contributed by atoms with E-state index >= 15 is 0 Å². The first-order valence-corrected chi connectivity index (χ1v) is 7.92. The second-order valence-electron chi connectivity index (χ2n) is 5.99. The molecule has 6 heteroatoms. The van der Waals surface area contributed by atoms with Crippen LogP contribution in [0.5, 0.6) is 0 Å². The number of carbonyl (C=O) groups excluding carboxylic acids is 1. The lowest BCUT2D eigenvalue weighted by Gasteiger charge is -2.09. The third kappa shape index (κ3) is 4.89. The maximum Gasteiger partial charge on any atom is 0.227 e. The molecule has 0 saturated heterocycles. The largest absolute Gasteiger partial charge is 0.352 e. The summed E-state index contributed by atoms with van der Waals surface area (Å²) < 4.78 is 5.21. The van der Waals surface area contributed by atoms with Crippen molar-refractivity contribution in [2.45, 2.75) is 45.6 Å². The maximum absolute atomic E-state index is 11.7. The van der Waals surface area contributed by atoms with Gasteiger partial charge in [0.2, 0.25) is 17.6 Å². The van der Waals surface area contributed by atoms with Crippen molar-refractivity contribution in [1.82, 2.24) is 15.5 Å². The molecule has 0 fully saturated rings. The number of hydrogen-bond donors (Lipinski definition) is 2. The summed E-state index contributed by atoms with van der Waals surface area (Å²) in [6.45, 7) is 6.59. The molecule has 0 aliphatic rings. The van der Waals surface area contributed by atoms with Gasteiger partial charge in [0.05, 0.1) is 0 Å². The van der Waals surface area contributed by atoms with Crippen LogP contribution in [0.4, 0.5) is 0 Å². The van der Waals surface area contributed by atoms with E-state index in [0.717, 1.165) is 5.56 Å². The van der Waals surface area contributed by atoms with Gasteiger partial charge in [-0.05, 0) is 18.4 Å². The highest BCUT2D eigenvalue weighted by Gasteiger charge is 2.12. The Bertz CT molecular complexity index is 634. The molecule has 2 aromatic rings. The number of carbonyl (C=O) groups is 1. The molecule has 0 bridgehead atoms. The van der Waals surface area contributed by atoms with Crippen molar-refractivity contribution < 1.29 is 9.32 Å². The fourth-order valence-corrected chi connectivity index (χ4v) is 2.12. The molecule has 2 rings (SSSR count). The van der Waals surface area contributed by atoms with Gasteiger partial charge < -0.3 is 15.6 Å². The van der Waals surface area contributed by atoms with Crippen molar-refractivity contribution >= 4 is 5.91 Å².